The van der Waals surface area contributed by atoms with Gasteiger partial charge in [0.2, 0.25) is 0 Å². The van der Waals surface area contributed by atoms with Gasteiger partial charge < -0.3 is 16.4 Å². The van der Waals surface area contributed by atoms with E-state index in [2.05, 4.69) is 20.8 Å². The molecule has 0 radical (unpaired) electrons. The second-order valence-electron chi connectivity index (χ2n) is 4.34. The van der Waals surface area contributed by atoms with E-state index >= 15 is 0 Å². The zero-order valence-corrected chi connectivity index (χ0v) is 13.2. The topological polar surface area (TPSA) is 72.4 Å². The van der Waals surface area contributed by atoms with Crippen molar-refractivity contribution in [3.63, 3.8) is 0 Å². The molecule has 0 bridgehead atoms. The van der Waals surface area contributed by atoms with E-state index in [0.29, 0.717) is 11.4 Å². The van der Waals surface area contributed by atoms with Crippen molar-refractivity contribution >= 4 is 39.3 Å². The van der Waals surface area contributed by atoms with Crippen LogP contribution in [0.1, 0.15) is 19.4 Å². The van der Waals surface area contributed by atoms with Gasteiger partial charge in [0.1, 0.15) is 0 Å². The fourth-order valence-electron chi connectivity index (χ4n) is 2.26. The number of allylic oxidation sites excluding steroid dienone is 1. The van der Waals surface area contributed by atoms with Gasteiger partial charge in [0, 0.05) is 22.4 Å². The Balaban J connectivity index is 2.50. The summed E-state index contributed by atoms with van der Waals surface area (Å²) in [5.74, 6) is -0.372. The molecule has 1 aromatic carbocycles. The number of amides is 1. The van der Waals surface area contributed by atoms with Crippen LogP contribution in [0.25, 0.3) is 0 Å². The number of primary amides is 1. The Morgan fingerprint density at radius 3 is 2.74 bits per heavy atom. The Labute approximate surface area is 125 Å². The Bertz CT molecular complexity index is 559. The van der Waals surface area contributed by atoms with Crippen molar-refractivity contribution in [1.29, 1.82) is 0 Å². The Morgan fingerprint density at radius 2 is 2.21 bits per heavy atom. The molecule has 0 aromatic heterocycles. The highest BCUT2D eigenvalue weighted by atomic mass is 79.9. The van der Waals surface area contributed by atoms with Crippen LogP contribution in [0.15, 0.2) is 33.3 Å². The third kappa shape index (κ3) is 2.66. The third-order valence-electron chi connectivity index (χ3n) is 3.09. The molecule has 0 saturated carbocycles. The maximum atomic E-state index is 11.4. The number of hydrogen-bond donors (Lipinski definition) is 2. The first-order valence-electron chi connectivity index (χ1n) is 5.90. The van der Waals surface area contributed by atoms with Gasteiger partial charge >= 0.3 is 0 Å². The number of halogens is 1. The predicted molar refractivity (Wildman–Crippen MR) is 83.5 cm³/mol. The summed E-state index contributed by atoms with van der Waals surface area (Å²) < 4.78 is 0.993. The number of nitrogens with two attached hydrogens (primary N) is 2. The van der Waals surface area contributed by atoms with E-state index in [9.17, 15) is 4.79 Å². The van der Waals surface area contributed by atoms with Gasteiger partial charge in [0.05, 0.1) is 10.3 Å². The Kier molecular flexibility index (Phi) is 4.23. The summed E-state index contributed by atoms with van der Waals surface area (Å²) in [6.07, 6.45) is 0. The summed E-state index contributed by atoms with van der Waals surface area (Å²) in [7, 11) is 0. The minimum atomic E-state index is -0.372. The highest BCUT2D eigenvalue weighted by Crippen LogP contribution is 2.42. The van der Waals surface area contributed by atoms with Crippen LogP contribution in [0.2, 0.25) is 0 Å². The van der Waals surface area contributed by atoms with E-state index in [-0.39, 0.29) is 11.3 Å². The van der Waals surface area contributed by atoms with Crippen molar-refractivity contribution in [1.82, 2.24) is 0 Å². The van der Waals surface area contributed by atoms with Crippen LogP contribution in [-0.2, 0) is 11.3 Å². The summed E-state index contributed by atoms with van der Waals surface area (Å²) in [6.45, 7) is 4.41. The van der Waals surface area contributed by atoms with Gasteiger partial charge in [0.15, 0.2) is 0 Å². The Hall–Kier alpha value is -0.980. The molecule has 0 aliphatic carbocycles. The van der Waals surface area contributed by atoms with Crippen molar-refractivity contribution < 1.29 is 4.79 Å². The summed E-state index contributed by atoms with van der Waals surface area (Å²) in [5, 5.41) is 0.133. The van der Waals surface area contributed by atoms with Crippen molar-refractivity contribution in [2.75, 3.05) is 4.90 Å². The number of rotatable bonds is 3. The number of benzene rings is 1. The molecule has 4 nitrogen and oxygen atoms in total. The zero-order chi connectivity index (χ0) is 14.2. The van der Waals surface area contributed by atoms with Crippen molar-refractivity contribution in [3.05, 3.63) is 38.8 Å². The van der Waals surface area contributed by atoms with Crippen LogP contribution in [0.5, 0.6) is 0 Å². The molecule has 19 heavy (non-hydrogen) atoms. The number of hydrogen-bond acceptors (Lipinski definition) is 4. The van der Waals surface area contributed by atoms with Gasteiger partial charge in [0.25, 0.3) is 5.91 Å². The maximum Gasteiger partial charge on any atom is 0.256 e. The van der Waals surface area contributed by atoms with Gasteiger partial charge in [-0.2, -0.15) is 0 Å². The molecule has 1 aliphatic heterocycles. The first-order valence-corrected chi connectivity index (χ1v) is 7.58. The fraction of sp³-hybridized carbons (Fsp3) is 0.308. The molecule has 0 spiro atoms. The molecule has 1 heterocycles. The van der Waals surface area contributed by atoms with Crippen LogP contribution < -0.4 is 16.4 Å². The van der Waals surface area contributed by atoms with Gasteiger partial charge in [-0.25, -0.2) is 0 Å². The highest BCUT2D eigenvalue weighted by Gasteiger charge is 2.31. The van der Waals surface area contributed by atoms with Gasteiger partial charge in [-0.05, 0) is 37.6 Å². The standard InChI is InChI=1S/C13H16BrN3OS/c1-7-12(13(16)18)19-8(2)17(7)11-4-3-10(14)5-9(11)6-15/h3-5,8H,6,15H2,1-2H3,(H2,16,18). The SMILES string of the molecule is CC1=C(C(N)=O)SC(C)N1c1ccc(Br)cc1CN. The maximum absolute atomic E-state index is 11.4. The summed E-state index contributed by atoms with van der Waals surface area (Å²) in [4.78, 5) is 14.2. The molecule has 6 heteroatoms. The monoisotopic (exact) mass is 341 g/mol. The van der Waals surface area contributed by atoms with Crippen molar-refractivity contribution in [2.45, 2.75) is 25.8 Å². The molecule has 1 unspecified atom stereocenters. The number of anilines is 1. The lowest BCUT2D eigenvalue weighted by Crippen LogP contribution is -2.26. The van der Waals surface area contributed by atoms with Crippen LogP contribution in [0.3, 0.4) is 0 Å². The molecule has 1 atom stereocenters. The minimum Gasteiger partial charge on any atom is -0.365 e. The van der Waals surface area contributed by atoms with Crippen molar-refractivity contribution in [2.24, 2.45) is 11.5 Å². The molecule has 0 saturated heterocycles. The lowest BCUT2D eigenvalue weighted by Gasteiger charge is -2.27. The van der Waals surface area contributed by atoms with Crippen LogP contribution in [0, 0.1) is 0 Å². The summed E-state index contributed by atoms with van der Waals surface area (Å²) in [6, 6.07) is 5.99. The average Bonchev–Trinajstić information content (AvgIpc) is 2.65. The largest absolute Gasteiger partial charge is 0.365 e. The number of nitrogens with zero attached hydrogens (tertiary/aromatic N) is 1. The molecule has 1 aromatic rings. The molecular weight excluding hydrogens is 326 g/mol. The van der Waals surface area contributed by atoms with Gasteiger partial charge in [-0.3, -0.25) is 4.79 Å². The van der Waals surface area contributed by atoms with E-state index in [1.54, 1.807) is 0 Å². The van der Waals surface area contributed by atoms with Crippen molar-refractivity contribution in [3.8, 4) is 0 Å². The van der Waals surface area contributed by atoms with Gasteiger partial charge in [-0.15, -0.1) is 0 Å². The van der Waals surface area contributed by atoms with E-state index in [1.165, 1.54) is 11.8 Å². The fourth-order valence-corrected chi connectivity index (χ4v) is 3.77. The second-order valence-corrected chi connectivity index (χ2v) is 6.58. The van der Waals surface area contributed by atoms with Gasteiger partial charge in [-0.1, -0.05) is 27.7 Å². The van der Waals surface area contributed by atoms with Crippen LogP contribution in [-0.4, -0.2) is 11.3 Å². The normalized spacial score (nSPS) is 19.2. The lowest BCUT2D eigenvalue weighted by atomic mass is 10.1. The lowest BCUT2D eigenvalue weighted by molar-refractivity contribution is -0.113. The summed E-state index contributed by atoms with van der Waals surface area (Å²) in [5.41, 5.74) is 14.2. The van der Waals surface area contributed by atoms with Crippen LogP contribution >= 0.6 is 27.7 Å². The second kappa shape index (κ2) is 5.56. The summed E-state index contributed by atoms with van der Waals surface area (Å²) >= 11 is 4.93. The number of carbonyl (C=O) groups is 1. The molecule has 1 amide bonds. The molecule has 4 N–H and O–H groups in total. The predicted octanol–water partition coefficient (Wildman–Crippen LogP) is 2.52. The van der Waals surface area contributed by atoms with E-state index in [1.807, 2.05) is 32.0 Å². The zero-order valence-electron chi connectivity index (χ0n) is 10.8. The molecule has 1 aliphatic rings. The molecule has 2 rings (SSSR count). The number of carbonyl (C=O) groups excluding carboxylic acids is 1. The molecule has 102 valence electrons. The van der Waals surface area contributed by atoms with E-state index in [0.717, 1.165) is 21.4 Å². The highest BCUT2D eigenvalue weighted by molar-refractivity contribution is 9.10. The Morgan fingerprint density at radius 1 is 1.53 bits per heavy atom. The molecular formula is C13H16BrN3OS. The molecule has 0 fully saturated rings. The number of thioether (sulfide) groups is 1. The first-order chi connectivity index (χ1) is 8.95. The first kappa shape index (κ1) is 14.4. The van der Waals surface area contributed by atoms with E-state index < -0.39 is 0 Å². The third-order valence-corrected chi connectivity index (χ3v) is 4.86. The smallest absolute Gasteiger partial charge is 0.256 e. The average molecular weight is 342 g/mol. The quantitative estimate of drug-likeness (QED) is 0.885. The van der Waals surface area contributed by atoms with E-state index in [4.69, 9.17) is 11.5 Å². The minimum absolute atomic E-state index is 0.133. The van der Waals surface area contributed by atoms with Crippen LogP contribution in [0.4, 0.5) is 5.69 Å².